The van der Waals surface area contributed by atoms with Crippen LogP contribution in [0.2, 0.25) is 5.02 Å². The van der Waals surface area contributed by atoms with Gasteiger partial charge in [0.25, 0.3) is 0 Å². The molecule has 3 aromatic rings. The van der Waals surface area contributed by atoms with Gasteiger partial charge in [0.2, 0.25) is 11.7 Å². The van der Waals surface area contributed by atoms with Crippen LogP contribution in [-0.2, 0) is 11.2 Å². The number of imidazole rings is 1. The zero-order valence-corrected chi connectivity index (χ0v) is 16.0. The van der Waals surface area contributed by atoms with Gasteiger partial charge in [-0.15, -0.1) is 0 Å². The quantitative estimate of drug-likeness (QED) is 0.623. The van der Waals surface area contributed by atoms with Crippen molar-refractivity contribution in [3.05, 3.63) is 64.9 Å². The molecule has 0 aliphatic rings. The van der Waals surface area contributed by atoms with Gasteiger partial charge in [0.05, 0.1) is 17.5 Å². The summed E-state index contributed by atoms with van der Waals surface area (Å²) in [6.45, 7) is 0. The summed E-state index contributed by atoms with van der Waals surface area (Å²) in [5.41, 5.74) is 2.12. The van der Waals surface area contributed by atoms with Crippen LogP contribution in [0.25, 0.3) is 11.0 Å². The van der Waals surface area contributed by atoms with Crippen LogP contribution in [0, 0.1) is 0 Å². The Hall–Kier alpha value is -3.39. The Balaban J connectivity index is 0.000000202. The van der Waals surface area contributed by atoms with Crippen LogP contribution in [0.15, 0.2) is 48.5 Å². The molecule has 0 atom stereocenters. The number of benzene rings is 2. The molecule has 0 saturated carbocycles. The number of carbonyl (C=O) groups excluding carboxylic acids is 2. The van der Waals surface area contributed by atoms with Crippen molar-refractivity contribution in [2.45, 2.75) is 6.42 Å². The van der Waals surface area contributed by atoms with Gasteiger partial charge in [0, 0.05) is 19.1 Å². The Bertz CT molecular complexity index is 986. The van der Waals surface area contributed by atoms with E-state index >= 15 is 0 Å². The number of fused-ring (bicyclic) bond motifs is 1. The van der Waals surface area contributed by atoms with Gasteiger partial charge >= 0.3 is 12.0 Å². The van der Waals surface area contributed by atoms with Crippen molar-refractivity contribution in [1.82, 2.24) is 20.2 Å². The number of carboxylic acid groups (broad SMARTS) is 1. The number of halogens is 1. The molecule has 0 aliphatic carbocycles. The van der Waals surface area contributed by atoms with Crippen molar-refractivity contribution in [2.24, 2.45) is 0 Å². The van der Waals surface area contributed by atoms with Gasteiger partial charge in [0.15, 0.2) is 0 Å². The first-order valence-electron chi connectivity index (χ1n) is 8.20. The molecular formula is C19H19ClN4O4. The van der Waals surface area contributed by atoms with E-state index in [1.807, 2.05) is 30.3 Å². The van der Waals surface area contributed by atoms with Crippen molar-refractivity contribution in [1.29, 1.82) is 0 Å². The number of carboxylic acids is 1. The third-order valence-electron chi connectivity index (χ3n) is 3.51. The van der Waals surface area contributed by atoms with Gasteiger partial charge in [0.1, 0.15) is 0 Å². The van der Waals surface area contributed by atoms with Gasteiger partial charge in [-0.25, -0.2) is 14.6 Å². The molecule has 9 heteroatoms. The van der Waals surface area contributed by atoms with Crippen LogP contribution in [0.5, 0.6) is 0 Å². The highest BCUT2D eigenvalue weighted by Gasteiger charge is 2.09. The number of nitrogens with one attached hydrogen (secondary N) is 2. The fourth-order valence-corrected chi connectivity index (χ4v) is 2.30. The number of aromatic amines is 1. The molecule has 0 aliphatic heterocycles. The largest absolute Gasteiger partial charge is 0.475 e. The maximum atomic E-state index is 11.4. The highest BCUT2D eigenvalue weighted by molar-refractivity contribution is 6.31. The highest BCUT2D eigenvalue weighted by atomic mass is 35.5. The lowest BCUT2D eigenvalue weighted by Crippen LogP contribution is -2.39. The van der Waals surface area contributed by atoms with E-state index in [2.05, 4.69) is 15.3 Å². The van der Waals surface area contributed by atoms with Crippen molar-refractivity contribution < 1.29 is 19.5 Å². The zero-order chi connectivity index (χ0) is 20.7. The minimum atomic E-state index is -1.08. The van der Waals surface area contributed by atoms with E-state index in [0.29, 0.717) is 16.1 Å². The Morgan fingerprint density at radius 3 is 2.43 bits per heavy atom. The predicted octanol–water partition coefficient (Wildman–Crippen LogP) is 2.94. The normalized spacial score (nSPS) is 9.96. The van der Waals surface area contributed by atoms with E-state index in [-0.39, 0.29) is 18.2 Å². The SMILES string of the molecule is CN(C)C(=O)NC(=O)Cc1ccccc1.O=C(O)c1nc2cc(Cl)ccc2[nH]1. The Kier molecular flexibility index (Phi) is 7.11. The van der Waals surface area contributed by atoms with Crippen LogP contribution >= 0.6 is 11.6 Å². The van der Waals surface area contributed by atoms with E-state index in [9.17, 15) is 14.4 Å². The molecule has 0 spiro atoms. The zero-order valence-electron chi connectivity index (χ0n) is 15.3. The number of urea groups is 1. The van der Waals surface area contributed by atoms with Crippen LogP contribution < -0.4 is 5.32 Å². The number of rotatable bonds is 3. The van der Waals surface area contributed by atoms with Crippen LogP contribution in [0.4, 0.5) is 4.79 Å². The molecule has 3 rings (SSSR count). The minimum Gasteiger partial charge on any atom is -0.475 e. The topological polar surface area (TPSA) is 115 Å². The fourth-order valence-electron chi connectivity index (χ4n) is 2.14. The molecule has 0 radical (unpaired) electrons. The molecule has 0 unspecified atom stereocenters. The summed E-state index contributed by atoms with van der Waals surface area (Å²) in [6.07, 6.45) is 0.223. The Morgan fingerprint density at radius 1 is 1.14 bits per heavy atom. The van der Waals surface area contributed by atoms with E-state index in [1.165, 1.54) is 4.90 Å². The maximum Gasteiger partial charge on any atom is 0.371 e. The third-order valence-corrected chi connectivity index (χ3v) is 3.74. The number of imide groups is 1. The van der Waals surface area contributed by atoms with E-state index in [4.69, 9.17) is 16.7 Å². The summed E-state index contributed by atoms with van der Waals surface area (Å²) in [6, 6.07) is 13.9. The van der Waals surface area contributed by atoms with E-state index in [1.54, 1.807) is 32.3 Å². The lowest BCUT2D eigenvalue weighted by Gasteiger charge is -2.10. The van der Waals surface area contributed by atoms with Crippen molar-refractivity contribution in [2.75, 3.05) is 14.1 Å². The summed E-state index contributed by atoms with van der Waals surface area (Å²) in [5.74, 6) is -1.44. The molecule has 3 N–H and O–H groups in total. The third kappa shape index (κ3) is 6.10. The summed E-state index contributed by atoms with van der Waals surface area (Å²) in [7, 11) is 3.18. The molecular weight excluding hydrogens is 384 g/mol. The van der Waals surface area contributed by atoms with Crippen LogP contribution in [-0.4, -0.2) is 52.0 Å². The number of hydrogen-bond acceptors (Lipinski definition) is 4. The number of H-pyrrole nitrogens is 1. The first kappa shape index (κ1) is 20.9. The molecule has 2 aromatic carbocycles. The van der Waals surface area contributed by atoms with Gasteiger partial charge in [-0.2, -0.15) is 0 Å². The number of amides is 3. The lowest BCUT2D eigenvalue weighted by atomic mass is 10.1. The van der Waals surface area contributed by atoms with E-state index in [0.717, 1.165) is 5.56 Å². The van der Waals surface area contributed by atoms with Gasteiger partial charge in [-0.05, 0) is 23.8 Å². The number of hydrogen-bond donors (Lipinski definition) is 3. The van der Waals surface area contributed by atoms with Crippen molar-refractivity contribution >= 4 is 40.5 Å². The summed E-state index contributed by atoms with van der Waals surface area (Å²) in [4.78, 5) is 40.8. The predicted molar refractivity (Wildman–Crippen MR) is 105 cm³/mol. The Morgan fingerprint density at radius 2 is 1.82 bits per heavy atom. The molecule has 0 fully saturated rings. The average Bonchev–Trinajstić information content (AvgIpc) is 3.06. The smallest absolute Gasteiger partial charge is 0.371 e. The monoisotopic (exact) mass is 402 g/mol. The minimum absolute atomic E-state index is 0.0720. The van der Waals surface area contributed by atoms with Gasteiger partial charge < -0.3 is 15.0 Å². The molecule has 0 saturated heterocycles. The summed E-state index contributed by atoms with van der Waals surface area (Å²) < 4.78 is 0. The number of aromatic nitrogens is 2. The standard InChI is InChI=1S/C11H14N2O2.C8H5ClN2O2/c1-13(2)11(15)12-10(14)8-9-6-4-3-5-7-9;9-4-1-2-5-6(3-4)11-7(10-5)8(12)13/h3-7H,8H2,1-2H3,(H,12,14,15);1-3H,(H,10,11)(H,12,13). The number of carbonyl (C=O) groups is 3. The summed E-state index contributed by atoms with van der Waals surface area (Å²) in [5, 5.41) is 11.4. The molecule has 0 bridgehead atoms. The van der Waals surface area contributed by atoms with Gasteiger partial charge in [-0.1, -0.05) is 41.9 Å². The second-order valence-corrected chi connectivity index (χ2v) is 6.40. The average molecular weight is 403 g/mol. The molecule has 28 heavy (non-hydrogen) atoms. The number of nitrogens with zero attached hydrogens (tertiary/aromatic N) is 2. The van der Waals surface area contributed by atoms with Crippen LogP contribution in [0.3, 0.4) is 0 Å². The van der Waals surface area contributed by atoms with Crippen LogP contribution in [0.1, 0.15) is 16.2 Å². The second-order valence-electron chi connectivity index (χ2n) is 5.96. The van der Waals surface area contributed by atoms with Crippen molar-refractivity contribution in [3.63, 3.8) is 0 Å². The van der Waals surface area contributed by atoms with Gasteiger partial charge in [-0.3, -0.25) is 10.1 Å². The first-order chi connectivity index (χ1) is 13.3. The lowest BCUT2D eigenvalue weighted by molar-refractivity contribution is -0.119. The molecule has 1 aromatic heterocycles. The molecule has 3 amide bonds. The fraction of sp³-hybridized carbons (Fsp3) is 0.158. The second kappa shape index (κ2) is 9.52. The maximum absolute atomic E-state index is 11.4. The summed E-state index contributed by atoms with van der Waals surface area (Å²) >= 11 is 5.71. The first-order valence-corrected chi connectivity index (χ1v) is 8.57. The molecule has 146 valence electrons. The molecule has 8 nitrogen and oxygen atoms in total. The number of aromatic carboxylic acids is 1. The van der Waals surface area contributed by atoms with E-state index < -0.39 is 12.0 Å². The van der Waals surface area contributed by atoms with Crippen molar-refractivity contribution in [3.8, 4) is 0 Å². The highest BCUT2D eigenvalue weighted by Crippen LogP contribution is 2.16. The Labute approximate surface area is 166 Å². The molecule has 1 heterocycles.